The number of nitrogens with zero attached hydrogens (tertiary/aromatic N) is 3. The van der Waals surface area contributed by atoms with Crippen LogP contribution in [0.5, 0.6) is 0 Å². The van der Waals surface area contributed by atoms with Crippen LogP contribution >= 0.6 is 0 Å². The molecule has 5 heteroatoms. The molecule has 0 unspecified atom stereocenters. The Morgan fingerprint density at radius 1 is 0.242 bits per heavy atom. The number of benzene rings is 9. The van der Waals surface area contributed by atoms with Crippen molar-refractivity contribution >= 4 is 43.9 Å². The average molecular weight is 794 g/mol. The molecule has 0 fully saturated rings. The molecule has 3 aromatic heterocycles. The summed E-state index contributed by atoms with van der Waals surface area (Å²) in [6, 6.07) is 73.4. The molecule has 0 aliphatic rings. The van der Waals surface area contributed by atoms with E-state index in [1.54, 1.807) is 0 Å². The second-order valence-corrected chi connectivity index (χ2v) is 15.5. The molecule has 0 N–H and O–H groups in total. The third-order valence-corrected chi connectivity index (χ3v) is 11.8. The summed E-state index contributed by atoms with van der Waals surface area (Å²) in [6.45, 7) is 0. The lowest BCUT2D eigenvalue weighted by molar-refractivity contribution is 0.668. The van der Waals surface area contributed by atoms with Crippen LogP contribution in [0.15, 0.2) is 221 Å². The molecule has 62 heavy (non-hydrogen) atoms. The van der Waals surface area contributed by atoms with E-state index in [9.17, 15) is 0 Å². The summed E-state index contributed by atoms with van der Waals surface area (Å²) in [5.41, 5.74) is 15.3. The highest BCUT2D eigenvalue weighted by Gasteiger charge is 2.19. The predicted octanol–water partition coefficient (Wildman–Crippen LogP) is 15.3. The number of furan rings is 2. The zero-order valence-electron chi connectivity index (χ0n) is 33.4. The molecule has 290 valence electrons. The van der Waals surface area contributed by atoms with E-state index in [2.05, 4.69) is 140 Å². The average Bonchev–Trinajstić information content (AvgIpc) is 3.93. The Balaban J connectivity index is 0.860. The van der Waals surface area contributed by atoms with Crippen molar-refractivity contribution in [3.8, 4) is 78.7 Å². The lowest BCUT2D eigenvalue weighted by Gasteiger charge is -2.12. The minimum absolute atomic E-state index is 0.637. The molecule has 0 atom stereocenters. The van der Waals surface area contributed by atoms with Crippen LogP contribution < -0.4 is 0 Å². The van der Waals surface area contributed by atoms with Crippen molar-refractivity contribution in [3.63, 3.8) is 0 Å². The van der Waals surface area contributed by atoms with Gasteiger partial charge in [-0.1, -0.05) is 182 Å². The molecule has 0 amide bonds. The number of hydrogen-bond acceptors (Lipinski definition) is 5. The second kappa shape index (κ2) is 14.7. The van der Waals surface area contributed by atoms with E-state index in [4.69, 9.17) is 23.8 Å². The second-order valence-electron chi connectivity index (χ2n) is 15.5. The first-order chi connectivity index (χ1) is 30.7. The van der Waals surface area contributed by atoms with Gasteiger partial charge in [0.2, 0.25) is 0 Å². The van der Waals surface area contributed by atoms with Gasteiger partial charge in [0.1, 0.15) is 22.3 Å². The zero-order valence-corrected chi connectivity index (χ0v) is 33.4. The number of aromatic nitrogens is 3. The van der Waals surface area contributed by atoms with Crippen molar-refractivity contribution in [2.24, 2.45) is 0 Å². The number of hydrogen-bond donors (Lipinski definition) is 0. The maximum atomic E-state index is 6.61. The van der Waals surface area contributed by atoms with Gasteiger partial charge in [0.05, 0.1) is 0 Å². The van der Waals surface area contributed by atoms with Crippen molar-refractivity contribution in [2.45, 2.75) is 0 Å². The van der Waals surface area contributed by atoms with Crippen LogP contribution in [-0.4, -0.2) is 15.0 Å². The van der Waals surface area contributed by atoms with Crippen molar-refractivity contribution < 1.29 is 8.83 Å². The first-order valence-electron chi connectivity index (χ1n) is 20.8. The molecule has 0 radical (unpaired) electrons. The first kappa shape index (κ1) is 35.5. The molecule has 0 spiro atoms. The SMILES string of the molecule is c1ccc(-c2nc(-c3ccccc3)nc(-c3ccc(-c4ccc(-c5ccc6c(c5)oc5cccc(-c7ccccc7-c7cccc8oc9ccccc9c78)c56)cc4)cc3)n2)cc1. The summed E-state index contributed by atoms with van der Waals surface area (Å²) in [4.78, 5) is 14.6. The van der Waals surface area contributed by atoms with E-state index < -0.39 is 0 Å². The van der Waals surface area contributed by atoms with Crippen molar-refractivity contribution in [1.29, 1.82) is 0 Å². The normalized spacial score (nSPS) is 11.5. The Morgan fingerprint density at radius 3 is 1.16 bits per heavy atom. The van der Waals surface area contributed by atoms with Gasteiger partial charge >= 0.3 is 0 Å². The van der Waals surface area contributed by atoms with Gasteiger partial charge in [-0.05, 0) is 74.8 Å². The Bertz CT molecular complexity index is 3550. The van der Waals surface area contributed by atoms with Crippen molar-refractivity contribution in [3.05, 3.63) is 212 Å². The van der Waals surface area contributed by atoms with Crippen LogP contribution in [0, 0.1) is 0 Å². The third kappa shape index (κ3) is 6.14. The molecule has 0 aliphatic carbocycles. The molecule has 0 saturated heterocycles. The lowest BCUT2D eigenvalue weighted by atomic mass is 9.90. The van der Waals surface area contributed by atoms with Crippen LogP contribution in [-0.2, 0) is 0 Å². The van der Waals surface area contributed by atoms with Gasteiger partial charge in [-0.2, -0.15) is 0 Å². The summed E-state index contributed by atoms with van der Waals surface area (Å²) >= 11 is 0. The van der Waals surface area contributed by atoms with Crippen molar-refractivity contribution in [1.82, 2.24) is 15.0 Å². The fourth-order valence-corrected chi connectivity index (χ4v) is 8.79. The Morgan fingerprint density at radius 2 is 0.613 bits per heavy atom. The van der Waals surface area contributed by atoms with Gasteiger partial charge in [0, 0.05) is 38.2 Å². The predicted molar refractivity (Wildman–Crippen MR) is 252 cm³/mol. The van der Waals surface area contributed by atoms with Gasteiger partial charge in [0.25, 0.3) is 0 Å². The maximum Gasteiger partial charge on any atom is 0.164 e. The Kier molecular flexibility index (Phi) is 8.42. The standard InChI is InChI=1S/C57H35N3O2/c1-3-13-39(14-4-1)55-58-56(40-15-5-2-6-16-40)60-57(59-55)41-31-29-37(30-32-41)36-25-27-38(28-26-36)42-33-34-48-52(35-42)62-51-24-12-21-46(54(48)51)44-18-8-7-17-43(44)45-20-11-23-50-53(45)47-19-9-10-22-49(47)61-50/h1-35H. The molecular weight excluding hydrogens is 759 g/mol. The molecular formula is C57H35N3O2. The number of fused-ring (bicyclic) bond motifs is 6. The lowest BCUT2D eigenvalue weighted by Crippen LogP contribution is -2.00. The molecule has 3 heterocycles. The van der Waals surface area contributed by atoms with Crippen LogP contribution in [0.1, 0.15) is 0 Å². The highest BCUT2D eigenvalue weighted by molar-refractivity contribution is 6.17. The fourth-order valence-electron chi connectivity index (χ4n) is 8.79. The van der Waals surface area contributed by atoms with Gasteiger partial charge in [0.15, 0.2) is 17.5 Å². The highest BCUT2D eigenvalue weighted by Crippen LogP contribution is 2.44. The minimum atomic E-state index is 0.637. The molecule has 0 saturated carbocycles. The smallest absolute Gasteiger partial charge is 0.164 e. The fraction of sp³-hybridized carbons (Fsp3) is 0. The van der Waals surface area contributed by atoms with E-state index in [0.717, 1.165) is 105 Å². The summed E-state index contributed by atoms with van der Waals surface area (Å²) in [6.07, 6.45) is 0. The summed E-state index contributed by atoms with van der Waals surface area (Å²) in [7, 11) is 0. The quantitative estimate of drug-likeness (QED) is 0.161. The summed E-state index contributed by atoms with van der Waals surface area (Å²) < 4.78 is 12.9. The Labute approximate surface area is 357 Å². The highest BCUT2D eigenvalue weighted by atomic mass is 16.3. The molecule has 12 rings (SSSR count). The monoisotopic (exact) mass is 793 g/mol. The number of para-hydroxylation sites is 1. The molecule has 5 nitrogen and oxygen atoms in total. The van der Waals surface area contributed by atoms with E-state index in [-0.39, 0.29) is 0 Å². The van der Waals surface area contributed by atoms with E-state index >= 15 is 0 Å². The largest absolute Gasteiger partial charge is 0.456 e. The summed E-state index contributed by atoms with van der Waals surface area (Å²) in [5, 5.41) is 4.43. The van der Waals surface area contributed by atoms with Gasteiger partial charge < -0.3 is 8.83 Å². The van der Waals surface area contributed by atoms with Crippen LogP contribution in [0.25, 0.3) is 123 Å². The van der Waals surface area contributed by atoms with Crippen LogP contribution in [0.2, 0.25) is 0 Å². The topological polar surface area (TPSA) is 65.0 Å². The van der Waals surface area contributed by atoms with Crippen LogP contribution in [0.3, 0.4) is 0 Å². The van der Waals surface area contributed by atoms with E-state index in [1.165, 1.54) is 0 Å². The third-order valence-electron chi connectivity index (χ3n) is 11.8. The molecule has 0 bridgehead atoms. The van der Waals surface area contributed by atoms with Crippen molar-refractivity contribution in [2.75, 3.05) is 0 Å². The number of rotatable bonds is 7. The minimum Gasteiger partial charge on any atom is -0.456 e. The zero-order chi connectivity index (χ0) is 41.0. The van der Waals surface area contributed by atoms with Gasteiger partial charge in [-0.25, -0.2) is 15.0 Å². The maximum absolute atomic E-state index is 6.61. The summed E-state index contributed by atoms with van der Waals surface area (Å²) in [5.74, 6) is 1.93. The Hall–Kier alpha value is -8.41. The first-order valence-corrected chi connectivity index (χ1v) is 20.8. The van der Waals surface area contributed by atoms with Gasteiger partial charge in [-0.3, -0.25) is 0 Å². The molecule has 0 aliphatic heterocycles. The van der Waals surface area contributed by atoms with Crippen LogP contribution in [0.4, 0.5) is 0 Å². The molecule has 9 aromatic carbocycles. The van der Waals surface area contributed by atoms with Gasteiger partial charge in [-0.15, -0.1) is 0 Å². The molecule has 12 aromatic rings. The van der Waals surface area contributed by atoms with E-state index in [0.29, 0.717) is 17.5 Å². The van der Waals surface area contributed by atoms with E-state index in [1.807, 2.05) is 72.8 Å².